The Bertz CT molecular complexity index is 346. The molecule has 78 valence electrons. The maximum Gasteiger partial charge on any atom is 0.273 e. The Morgan fingerprint density at radius 1 is 1.57 bits per heavy atom. The van der Waals surface area contributed by atoms with Gasteiger partial charge in [-0.15, -0.1) is 10.2 Å². The maximum atomic E-state index is 11.2. The molecule has 2 N–H and O–H groups in total. The van der Waals surface area contributed by atoms with Crippen LogP contribution in [0.15, 0.2) is 11.0 Å². The van der Waals surface area contributed by atoms with E-state index < -0.39 is 0 Å². The summed E-state index contributed by atoms with van der Waals surface area (Å²) in [7, 11) is 5.80. The van der Waals surface area contributed by atoms with Crippen molar-refractivity contribution in [1.82, 2.24) is 14.8 Å². The first-order chi connectivity index (χ1) is 6.61. The topological polar surface area (TPSA) is 64.2 Å². The van der Waals surface area contributed by atoms with E-state index in [1.54, 1.807) is 7.05 Å². The summed E-state index contributed by atoms with van der Waals surface area (Å²) in [6, 6.07) is 0. The van der Waals surface area contributed by atoms with Crippen molar-refractivity contribution in [1.29, 1.82) is 0 Å². The van der Waals surface area contributed by atoms with E-state index in [1.165, 1.54) is 15.7 Å². The number of likely N-dealkylation sites (N-methyl/N-ethyl adjacent to an activating group) is 1. The summed E-state index contributed by atoms with van der Waals surface area (Å²) in [6.45, 7) is 1.74. The van der Waals surface area contributed by atoms with Crippen molar-refractivity contribution in [2.45, 2.75) is 0 Å². The first-order valence-corrected chi connectivity index (χ1v) is 4.53. The highest BCUT2D eigenvalue weighted by atomic mass is 16.1. The third-order valence-corrected chi connectivity index (χ3v) is 1.88. The van der Waals surface area contributed by atoms with E-state index in [4.69, 9.17) is 0 Å². The molecule has 0 aliphatic carbocycles. The molecule has 0 aromatic carbocycles. The first kappa shape index (κ1) is 10.6. The lowest BCUT2D eigenvalue weighted by Gasteiger charge is -2.10. The van der Waals surface area contributed by atoms with Crippen molar-refractivity contribution >= 4 is 5.95 Å². The van der Waals surface area contributed by atoms with Gasteiger partial charge in [-0.1, -0.05) is 0 Å². The summed E-state index contributed by atoms with van der Waals surface area (Å²) in [5, 5.41) is 10.5. The summed E-state index contributed by atoms with van der Waals surface area (Å²) in [5.41, 5.74) is -0.153. The summed E-state index contributed by atoms with van der Waals surface area (Å²) in [5.74, 6) is 0.513. The molecule has 0 spiro atoms. The second-order valence-corrected chi connectivity index (χ2v) is 3.45. The van der Waals surface area contributed by atoms with Crippen LogP contribution >= 0.6 is 0 Å². The highest BCUT2D eigenvalue weighted by Crippen LogP contribution is 1.91. The maximum absolute atomic E-state index is 11.2. The van der Waals surface area contributed by atoms with Gasteiger partial charge in [-0.25, -0.2) is 0 Å². The Hall–Kier alpha value is -1.43. The fourth-order valence-corrected chi connectivity index (χ4v) is 0.969. The second kappa shape index (κ2) is 4.71. The zero-order chi connectivity index (χ0) is 10.6. The molecule has 6 heteroatoms. The van der Waals surface area contributed by atoms with Gasteiger partial charge in [-0.2, -0.15) is 0 Å². The Kier molecular flexibility index (Phi) is 3.58. The molecule has 1 aromatic rings. The van der Waals surface area contributed by atoms with Crippen LogP contribution in [0.3, 0.4) is 0 Å². The number of rotatable bonds is 4. The van der Waals surface area contributed by atoms with Crippen LogP contribution in [0, 0.1) is 0 Å². The van der Waals surface area contributed by atoms with Gasteiger partial charge in [-0.05, 0) is 0 Å². The molecule has 0 bridgehead atoms. The van der Waals surface area contributed by atoms with Crippen LogP contribution in [0.1, 0.15) is 0 Å². The van der Waals surface area contributed by atoms with Gasteiger partial charge >= 0.3 is 0 Å². The molecule has 0 atom stereocenters. The minimum Gasteiger partial charge on any atom is -0.349 e. The third kappa shape index (κ3) is 2.81. The highest BCUT2D eigenvalue weighted by Gasteiger charge is 2.01. The predicted molar refractivity (Wildman–Crippen MR) is 53.4 cm³/mol. The van der Waals surface area contributed by atoms with E-state index in [2.05, 4.69) is 29.6 Å². The molecule has 14 heavy (non-hydrogen) atoms. The zero-order valence-corrected chi connectivity index (χ0v) is 8.74. The molecule has 0 fully saturated rings. The second-order valence-electron chi connectivity index (χ2n) is 3.45. The van der Waals surface area contributed by atoms with Crippen molar-refractivity contribution in [3.63, 3.8) is 0 Å². The molecule has 6 nitrogen and oxygen atoms in total. The molecule has 1 aromatic heterocycles. The summed E-state index contributed by atoms with van der Waals surface area (Å²) < 4.78 is 1.44. The van der Waals surface area contributed by atoms with Crippen LogP contribution in [0.5, 0.6) is 0 Å². The molecule has 0 unspecified atom stereocenters. The van der Waals surface area contributed by atoms with E-state index in [1.807, 2.05) is 0 Å². The Morgan fingerprint density at radius 3 is 2.93 bits per heavy atom. The van der Waals surface area contributed by atoms with Crippen LogP contribution in [0.2, 0.25) is 0 Å². The van der Waals surface area contributed by atoms with E-state index in [9.17, 15) is 4.79 Å². The summed E-state index contributed by atoms with van der Waals surface area (Å²) in [4.78, 5) is 12.5. The number of aromatic nitrogens is 3. The third-order valence-electron chi connectivity index (χ3n) is 1.88. The zero-order valence-electron chi connectivity index (χ0n) is 8.74. The molecule has 0 aliphatic heterocycles. The Balaban J connectivity index is 2.59. The molecule has 0 saturated heterocycles. The van der Waals surface area contributed by atoms with E-state index in [0.29, 0.717) is 5.95 Å². The minimum absolute atomic E-state index is 0.153. The quantitative estimate of drug-likeness (QED) is 0.573. The van der Waals surface area contributed by atoms with Crippen molar-refractivity contribution in [3.8, 4) is 0 Å². The van der Waals surface area contributed by atoms with Gasteiger partial charge in [0, 0.05) is 7.05 Å². The lowest BCUT2D eigenvalue weighted by atomic mass is 10.6. The number of hydrogen-bond acceptors (Lipinski definition) is 4. The van der Waals surface area contributed by atoms with Crippen LogP contribution < -0.4 is 15.8 Å². The van der Waals surface area contributed by atoms with Crippen LogP contribution in [-0.4, -0.2) is 41.9 Å². The average Bonchev–Trinajstić information content (AvgIpc) is 2.12. The van der Waals surface area contributed by atoms with Gasteiger partial charge in [0.25, 0.3) is 5.56 Å². The molecule has 0 aliphatic rings. The largest absolute Gasteiger partial charge is 0.349 e. The van der Waals surface area contributed by atoms with Crippen LogP contribution in [0.4, 0.5) is 5.95 Å². The summed E-state index contributed by atoms with van der Waals surface area (Å²) in [6.07, 6.45) is 1.20. The van der Waals surface area contributed by atoms with Crippen molar-refractivity contribution < 1.29 is 4.90 Å². The van der Waals surface area contributed by atoms with E-state index in [-0.39, 0.29) is 5.56 Å². The first-order valence-electron chi connectivity index (χ1n) is 4.53. The van der Waals surface area contributed by atoms with Crippen LogP contribution in [0.25, 0.3) is 0 Å². The van der Waals surface area contributed by atoms with Gasteiger partial charge in [0.15, 0.2) is 0 Å². The van der Waals surface area contributed by atoms with Gasteiger partial charge in [0.2, 0.25) is 5.95 Å². The van der Waals surface area contributed by atoms with E-state index >= 15 is 0 Å². The van der Waals surface area contributed by atoms with Crippen molar-refractivity contribution in [3.05, 3.63) is 16.6 Å². The molecule has 0 radical (unpaired) electrons. The van der Waals surface area contributed by atoms with Gasteiger partial charge in [0.1, 0.15) is 6.20 Å². The SMILES string of the molecule is Cn1c(NCC[NH+](C)C)nncc1=O. The summed E-state index contributed by atoms with van der Waals surface area (Å²) >= 11 is 0. The monoisotopic (exact) mass is 198 g/mol. The van der Waals surface area contributed by atoms with Crippen LogP contribution in [-0.2, 0) is 7.05 Å². The molecule has 1 rings (SSSR count). The molecule has 0 saturated carbocycles. The number of nitrogens with zero attached hydrogens (tertiary/aromatic N) is 3. The van der Waals surface area contributed by atoms with Crippen molar-refractivity contribution in [2.75, 3.05) is 32.5 Å². The predicted octanol–water partition coefficient (Wildman–Crippen LogP) is -2.27. The molecule has 1 heterocycles. The highest BCUT2D eigenvalue weighted by molar-refractivity contribution is 5.22. The fourth-order valence-electron chi connectivity index (χ4n) is 0.969. The standard InChI is InChI=1S/C8H15N5O/c1-12(2)5-4-9-8-11-10-6-7(14)13(8)3/h6H,4-5H2,1-3H3,(H,9,11)/p+1. The van der Waals surface area contributed by atoms with Gasteiger partial charge in [0.05, 0.1) is 27.2 Å². The number of nitrogens with one attached hydrogen (secondary N) is 2. The lowest BCUT2D eigenvalue weighted by molar-refractivity contribution is -0.856. The Labute approximate surface area is 82.6 Å². The lowest BCUT2D eigenvalue weighted by Crippen LogP contribution is -3.06. The average molecular weight is 198 g/mol. The fraction of sp³-hybridized carbons (Fsp3) is 0.625. The molecular formula is C8H16N5O+. The molecular weight excluding hydrogens is 182 g/mol. The minimum atomic E-state index is -0.153. The van der Waals surface area contributed by atoms with E-state index in [0.717, 1.165) is 13.1 Å². The number of anilines is 1. The normalized spacial score (nSPS) is 10.6. The van der Waals surface area contributed by atoms with Gasteiger partial charge < -0.3 is 10.2 Å². The van der Waals surface area contributed by atoms with Crippen molar-refractivity contribution in [2.24, 2.45) is 7.05 Å². The van der Waals surface area contributed by atoms with Gasteiger partial charge in [-0.3, -0.25) is 9.36 Å². The smallest absolute Gasteiger partial charge is 0.273 e. The Morgan fingerprint density at radius 2 is 2.29 bits per heavy atom. The molecule has 0 amide bonds. The number of quaternary nitrogens is 1. The number of hydrogen-bond donors (Lipinski definition) is 2.